The molecule has 0 fully saturated rings. The van der Waals surface area contributed by atoms with Crippen LogP contribution in [0.15, 0.2) is 65.7 Å². The van der Waals surface area contributed by atoms with Crippen molar-refractivity contribution in [1.82, 2.24) is 4.90 Å². The van der Waals surface area contributed by atoms with Crippen LogP contribution in [0.5, 0.6) is 0 Å². The van der Waals surface area contributed by atoms with Crippen LogP contribution in [0.1, 0.15) is 19.4 Å². The Morgan fingerprint density at radius 3 is 2.67 bits per heavy atom. The predicted molar refractivity (Wildman–Crippen MR) is 87.9 cm³/mol. The summed E-state index contributed by atoms with van der Waals surface area (Å²) in [6.45, 7) is 3.65. The van der Waals surface area contributed by atoms with Crippen LogP contribution in [-0.4, -0.2) is 21.8 Å². The van der Waals surface area contributed by atoms with E-state index in [1.165, 1.54) is 13.0 Å². The van der Waals surface area contributed by atoms with Crippen molar-refractivity contribution in [3.8, 4) is 0 Å². The number of carbonyl (C=O) groups excluding carboxylic acids is 1. The number of benzene rings is 1. The van der Waals surface area contributed by atoms with Crippen molar-refractivity contribution in [3.05, 3.63) is 81.4 Å². The first-order chi connectivity index (χ1) is 11.5. The van der Waals surface area contributed by atoms with Crippen molar-refractivity contribution in [3.63, 3.8) is 0 Å². The Hall–Kier alpha value is -2.89. The minimum Gasteiger partial charge on any atom is -0.491 e. The predicted octanol–water partition coefficient (Wildman–Crippen LogP) is 3.01. The van der Waals surface area contributed by atoms with E-state index < -0.39 is 4.92 Å². The van der Waals surface area contributed by atoms with Crippen molar-refractivity contribution in [2.75, 3.05) is 0 Å². The van der Waals surface area contributed by atoms with Gasteiger partial charge in [-0.1, -0.05) is 30.3 Å². The van der Waals surface area contributed by atoms with Gasteiger partial charge in [-0.3, -0.25) is 14.9 Å². The maximum absolute atomic E-state index is 11.9. The highest BCUT2D eigenvalue weighted by atomic mass is 16.6. The third kappa shape index (κ3) is 2.95. The molecule has 6 heteroatoms. The van der Waals surface area contributed by atoms with E-state index in [0.29, 0.717) is 12.4 Å². The minimum atomic E-state index is -0.425. The number of allylic oxidation sites excluding steroid dienone is 1. The van der Waals surface area contributed by atoms with Crippen LogP contribution in [0.25, 0.3) is 0 Å². The first-order valence-electron chi connectivity index (χ1n) is 7.69. The molecule has 3 rings (SSSR count). The minimum absolute atomic E-state index is 0.00235. The molecule has 2 atom stereocenters. The maximum atomic E-state index is 11.9. The van der Waals surface area contributed by atoms with Crippen LogP contribution >= 0.6 is 0 Å². The average Bonchev–Trinajstić information content (AvgIpc) is 2.91. The lowest BCUT2D eigenvalue weighted by Crippen LogP contribution is -2.39. The fourth-order valence-electron chi connectivity index (χ4n) is 3.08. The van der Waals surface area contributed by atoms with Gasteiger partial charge in [0.05, 0.1) is 11.0 Å². The molecule has 24 heavy (non-hydrogen) atoms. The Bertz CT molecular complexity index is 764. The summed E-state index contributed by atoms with van der Waals surface area (Å²) in [5, 5.41) is 11.2. The summed E-state index contributed by atoms with van der Waals surface area (Å²) in [5.41, 5.74) is 1.87. The summed E-state index contributed by atoms with van der Waals surface area (Å²) in [4.78, 5) is 24.3. The van der Waals surface area contributed by atoms with Gasteiger partial charge in [-0.25, -0.2) is 0 Å². The molecule has 1 heterocycles. The van der Waals surface area contributed by atoms with Gasteiger partial charge in [0.25, 0.3) is 5.70 Å². The second-order valence-corrected chi connectivity index (χ2v) is 5.94. The number of carbonyl (C=O) groups is 1. The van der Waals surface area contributed by atoms with Crippen LogP contribution in [0.4, 0.5) is 0 Å². The molecule has 0 aromatic heterocycles. The zero-order valence-electron chi connectivity index (χ0n) is 13.5. The lowest BCUT2D eigenvalue weighted by atomic mass is 9.89. The van der Waals surface area contributed by atoms with Gasteiger partial charge in [0.1, 0.15) is 18.4 Å². The number of hydrogen-bond donors (Lipinski definition) is 0. The normalized spacial score (nSPS) is 22.2. The molecule has 1 amide bonds. The standard InChI is InChI=1S/C18H18N2O4/c1-12-10-19(13(2)21)18-16(12)8-15(20(22)23)9-17(18)24-11-14-6-4-3-5-7-14/h3-10,16,18H,11H2,1-2H3/t16-,18-/m1/s1. The topological polar surface area (TPSA) is 72.7 Å². The Kier molecular flexibility index (Phi) is 4.20. The molecule has 1 aromatic rings. The number of ether oxygens (including phenoxy) is 1. The van der Waals surface area contributed by atoms with Gasteiger partial charge in [0, 0.05) is 25.1 Å². The average molecular weight is 326 g/mol. The second kappa shape index (κ2) is 6.31. The highest BCUT2D eigenvalue weighted by Gasteiger charge is 2.42. The van der Waals surface area contributed by atoms with Crippen LogP contribution in [0.2, 0.25) is 0 Å². The summed E-state index contributed by atoms with van der Waals surface area (Å²) >= 11 is 0. The van der Waals surface area contributed by atoms with Crippen molar-refractivity contribution in [1.29, 1.82) is 0 Å². The number of rotatable bonds is 4. The smallest absolute Gasteiger partial charge is 0.269 e. The lowest BCUT2D eigenvalue weighted by Gasteiger charge is -2.30. The van der Waals surface area contributed by atoms with E-state index >= 15 is 0 Å². The van der Waals surface area contributed by atoms with Gasteiger partial charge >= 0.3 is 0 Å². The van der Waals surface area contributed by atoms with Crippen molar-refractivity contribution < 1.29 is 14.5 Å². The van der Waals surface area contributed by atoms with Crippen LogP contribution < -0.4 is 0 Å². The van der Waals surface area contributed by atoms with E-state index in [-0.39, 0.29) is 23.6 Å². The second-order valence-electron chi connectivity index (χ2n) is 5.94. The third-order valence-corrected chi connectivity index (χ3v) is 4.26. The van der Waals surface area contributed by atoms with Crippen LogP contribution in [-0.2, 0) is 16.1 Å². The molecule has 1 aliphatic carbocycles. The SMILES string of the molecule is CC(=O)N1C=C(C)[C@H]2C=C([N+](=O)[O-])C=C(OCc3ccccc3)[C@@H]21. The molecule has 2 aliphatic rings. The number of fused-ring (bicyclic) bond motifs is 1. The molecule has 0 saturated carbocycles. The number of nitrogens with zero attached hydrogens (tertiary/aromatic N) is 2. The van der Waals surface area contributed by atoms with Crippen molar-refractivity contribution in [2.24, 2.45) is 5.92 Å². The summed E-state index contributed by atoms with van der Waals surface area (Å²) in [7, 11) is 0. The van der Waals surface area contributed by atoms with E-state index in [1.54, 1.807) is 17.2 Å². The van der Waals surface area contributed by atoms with Gasteiger partial charge < -0.3 is 9.64 Å². The summed E-state index contributed by atoms with van der Waals surface area (Å²) in [5.74, 6) is 0.0976. The third-order valence-electron chi connectivity index (χ3n) is 4.26. The fraction of sp³-hybridized carbons (Fsp3) is 0.278. The summed E-state index contributed by atoms with van der Waals surface area (Å²) in [6, 6.07) is 9.21. The molecule has 0 spiro atoms. The molecule has 1 aliphatic heterocycles. The molecule has 0 bridgehead atoms. The van der Waals surface area contributed by atoms with Gasteiger partial charge in [-0.05, 0) is 18.1 Å². The fourth-order valence-corrected chi connectivity index (χ4v) is 3.08. The zero-order valence-corrected chi connectivity index (χ0v) is 13.5. The molecule has 6 nitrogen and oxygen atoms in total. The van der Waals surface area contributed by atoms with Crippen molar-refractivity contribution >= 4 is 5.91 Å². The van der Waals surface area contributed by atoms with E-state index in [4.69, 9.17) is 4.74 Å². The lowest BCUT2D eigenvalue weighted by molar-refractivity contribution is -0.420. The van der Waals surface area contributed by atoms with Gasteiger partial charge in [0.15, 0.2) is 0 Å². The van der Waals surface area contributed by atoms with E-state index in [0.717, 1.165) is 11.1 Å². The van der Waals surface area contributed by atoms with E-state index in [9.17, 15) is 14.9 Å². The quantitative estimate of drug-likeness (QED) is 0.630. The molecule has 0 unspecified atom stereocenters. The number of nitro groups is 1. The van der Waals surface area contributed by atoms with Gasteiger partial charge in [0.2, 0.25) is 5.91 Å². The van der Waals surface area contributed by atoms with E-state index in [1.807, 2.05) is 37.3 Å². The van der Waals surface area contributed by atoms with Crippen LogP contribution in [0.3, 0.4) is 0 Å². The molecule has 1 aromatic carbocycles. The largest absolute Gasteiger partial charge is 0.491 e. The molecule has 0 saturated heterocycles. The Morgan fingerprint density at radius 1 is 1.33 bits per heavy atom. The van der Waals surface area contributed by atoms with E-state index in [2.05, 4.69) is 0 Å². The first-order valence-corrected chi connectivity index (χ1v) is 7.69. The Labute approximate surface area is 139 Å². The monoisotopic (exact) mass is 326 g/mol. The van der Waals surface area contributed by atoms with Crippen molar-refractivity contribution in [2.45, 2.75) is 26.5 Å². The molecule has 0 N–H and O–H groups in total. The Morgan fingerprint density at radius 2 is 2.04 bits per heavy atom. The number of hydrogen-bond acceptors (Lipinski definition) is 4. The molecular weight excluding hydrogens is 308 g/mol. The highest BCUT2D eigenvalue weighted by molar-refractivity contribution is 5.76. The molecular formula is C18H18N2O4. The summed E-state index contributed by atoms with van der Waals surface area (Å²) in [6.07, 6.45) is 4.76. The molecule has 124 valence electrons. The maximum Gasteiger partial charge on any atom is 0.269 e. The zero-order chi connectivity index (χ0) is 17.3. The Balaban J connectivity index is 1.90. The number of amides is 1. The highest BCUT2D eigenvalue weighted by Crippen LogP contribution is 2.38. The van der Waals surface area contributed by atoms with Crippen LogP contribution in [0, 0.1) is 16.0 Å². The molecule has 0 radical (unpaired) electrons. The first kappa shape index (κ1) is 16.0. The summed E-state index contributed by atoms with van der Waals surface area (Å²) < 4.78 is 5.88. The van der Waals surface area contributed by atoms with Gasteiger partial charge in [-0.2, -0.15) is 0 Å². The van der Waals surface area contributed by atoms with Gasteiger partial charge in [-0.15, -0.1) is 0 Å².